The molecule has 4 nitrogen and oxygen atoms in total. The number of thioether (sulfide) groups is 1. The Morgan fingerprint density at radius 2 is 1.56 bits per heavy atom. The summed E-state index contributed by atoms with van der Waals surface area (Å²) in [6, 6.07) is 21.8. The fourth-order valence-electron chi connectivity index (χ4n) is 3.48. The summed E-state index contributed by atoms with van der Waals surface area (Å²) in [7, 11) is 1.59. The molecule has 0 fully saturated rings. The van der Waals surface area contributed by atoms with Crippen molar-refractivity contribution < 1.29 is 9.59 Å². The maximum atomic E-state index is 13.4. The van der Waals surface area contributed by atoms with Gasteiger partial charge in [0.2, 0.25) is 11.8 Å². The largest absolute Gasteiger partial charge is 0.357 e. The summed E-state index contributed by atoms with van der Waals surface area (Å²) < 4.78 is 0. The van der Waals surface area contributed by atoms with Crippen LogP contribution >= 0.6 is 46.6 Å². The molecule has 0 aliphatic carbocycles. The summed E-state index contributed by atoms with van der Waals surface area (Å²) in [5, 5.41) is 4.32. The Morgan fingerprint density at radius 3 is 2.21 bits per heavy atom. The second-order valence-corrected chi connectivity index (χ2v) is 9.95. The molecule has 0 aliphatic rings. The van der Waals surface area contributed by atoms with E-state index in [1.807, 2.05) is 48.5 Å². The van der Waals surface area contributed by atoms with E-state index in [0.29, 0.717) is 33.8 Å². The molecule has 1 N–H and O–H groups in total. The number of hydrogen-bond donors (Lipinski definition) is 1. The van der Waals surface area contributed by atoms with E-state index in [2.05, 4.69) is 5.32 Å². The summed E-state index contributed by atoms with van der Waals surface area (Å²) in [5.41, 5.74) is 2.85. The second-order valence-electron chi connectivity index (χ2n) is 7.71. The molecule has 34 heavy (non-hydrogen) atoms. The van der Waals surface area contributed by atoms with Crippen molar-refractivity contribution in [1.82, 2.24) is 10.2 Å². The molecule has 178 valence electrons. The topological polar surface area (TPSA) is 49.4 Å². The van der Waals surface area contributed by atoms with Crippen molar-refractivity contribution in [2.45, 2.75) is 24.8 Å². The van der Waals surface area contributed by atoms with Crippen LogP contribution in [0, 0.1) is 0 Å². The number of hydrogen-bond acceptors (Lipinski definition) is 3. The third-order valence-electron chi connectivity index (χ3n) is 5.26. The first-order chi connectivity index (χ1) is 16.4. The van der Waals surface area contributed by atoms with E-state index in [1.54, 1.807) is 36.2 Å². The maximum Gasteiger partial charge on any atom is 0.242 e. The zero-order chi connectivity index (χ0) is 24.5. The van der Waals surface area contributed by atoms with Gasteiger partial charge in [0.05, 0.1) is 15.8 Å². The van der Waals surface area contributed by atoms with E-state index in [0.717, 1.165) is 16.7 Å². The Kier molecular flexibility index (Phi) is 10.1. The molecule has 0 bridgehead atoms. The van der Waals surface area contributed by atoms with Crippen LogP contribution in [0.15, 0.2) is 72.8 Å². The minimum atomic E-state index is -0.652. The van der Waals surface area contributed by atoms with Crippen molar-refractivity contribution in [3.63, 3.8) is 0 Å². The highest BCUT2D eigenvalue weighted by atomic mass is 35.5. The molecule has 0 saturated carbocycles. The van der Waals surface area contributed by atoms with E-state index in [1.165, 1.54) is 11.8 Å². The molecule has 0 spiro atoms. The van der Waals surface area contributed by atoms with Gasteiger partial charge < -0.3 is 10.2 Å². The fraction of sp³-hybridized carbons (Fsp3) is 0.231. The Hall–Kier alpha value is -2.18. The lowest BCUT2D eigenvalue weighted by Gasteiger charge is -2.31. The molecule has 0 unspecified atom stereocenters. The third kappa shape index (κ3) is 7.67. The number of carbonyl (C=O) groups excluding carboxylic acids is 2. The average Bonchev–Trinajstić information content (AvgIpc) is 2.84. The zero-order valence-corrected chi connectivity index (χ0v) is 21.7. The van der Waals surface area contributed by atoms with Gasteiger partial charge in [-0.2, -0.15) is 0 Å². The van der Waals surface area contributed by atoms with Crippen LogP contribution in [0.25, 0.3) is 0 Å². The zero-order valence-electron chi connectivity index (χ0n) is 18.6. The van der Waals surface area contributed by atoms with Crippen LogP contribution in [0.1, 0.15) is 16.7 Å². The summed E-state index contributed by atoms with van der Waals surface area (Å²) in [6.07, 6.45) is 0.414. The molecule has 0 radical (unpaired) electrons. The van der Waals surface area contributed by atoms with Crippen LogP contribution in [0.3, 0.4) is 0 Å². The predicted molar refractivity (Wildman–Crippen MR) is 143 cm³/mol. The fourth-order valence-corrected chi connectivity index (χ4v) is 4.78. The van der Waals surface area contributed by atoms with Gasteiger partial charge in [-0.3, -0.25) is 9.59 Å². The van der Waals surface area contributed by atoms with Crippen molar-refractivity contribution in [2.75, 3.05) is 12.8 Å². The van der Waals surface area contributed by atoms with E-state index < -0.39 is 6.04 Å². The van der Waals surface area contributed by atoms with E-state index in [9.17, 15) is 9.59 Å². The van der Waals surface area contributed by atoms with Gasteiger partial charge >= 0.3 is 0 Å². The van der Waals surface area contributed by atoms with Crippen LogP contribution in [0.5, 0.6) is 0 Å². The number of rotatable bonds is 10. The van der Waals surface area contributed by atoms with Gasteiger partial charge in [-0.05, 0) is 41.0 Å². The van der Waals surface area contributed by atoms with E-state index >= 15 is 0 Å². The molecule has 0 saturated heterocycles. The van der Waals surface area contributed by atoms with Gasteiger partial charge in [0.15, 0.2) is 0 Å². The molecule has 3 aromatic carbocycles. The highest BCUT2D eigenvalue weighted by Crippen LogP contribution is 2.25. The summed E-state index contributed by atoms with van der Waals surface area (Å²) in [6.45, 7) is 0.300. The molecule has 8 heteroatoms. The molecular formula is C26H25Cl3N2O2S. The summed E-state index contributed by atoms with van der Waals surface area (Å²) in [4.78, 5) is 28.0. The normalized spacial score (nSPS) is 11.6. The van der Waals surface area contributed by atoms with E-state index in [4.69, 9.17) is 34.8 Å². The van der Waals surface area contributed by atoms with Crippen LogP contribution in [0.2, 0.25) is 15.1 Å². The van der Waals surface area contributed by atoms with Gasteiger partial charge in [-0.25, -0.2) is 0 Å². The first-order valence-electron chi connectivity index (χ1n) is 10.7. The minimum Gasteiger partial charge on any atom is -0.357 e. The minimum absolute atomic E-state index is 0.121. The Morgan fingerprint density at radius 1 is 0.882 bits per heavy atom. The van der Waals surface area contributed by atoms with Gasteiger partial charge in [0.1, 0.15) is 6.04 Å². The van der Waals surface area contributed by atoms with Crippen LogP contribution in [-0.2, 0) is 28.3 Å². The second kappa shape index (κ2) is 13.1. The van der Waals surface area contributed by atoms with Crippen molar-refractivity contribution in [3.8, 4) is 0 Å². The standard InChI is InChI=1S/C26H25Cl3N2O2S/c1-30-26(33)24(14-18-5-3-2-4-6-18)31(15-19-7-10-21(27)11-8-19)25(32)17-34-16-20-9-12-22(28)23(29)13-20/h2-13,24H,14-17H2,1H3,(H,30,33)/t24-/m1/s1. The Labute approximate surface area is 219 Å². The van der Waals surface area contributed by atoms with Gasteiger partial charge in [-0.1, -0.05) is 83.3 Å². The number of amides is 2. The third-order valence-corrected chi connectivity index (χ3v) is 7.24. The van der Waals surface area contributed by atoms with Crippen molar-refractivity contribution in [3.05, 3.63) is 105 Å². The molecular weight excluding hydrogens is 511 g/mol. The Balaban J connectivity index is 1.79. The first kappa shape index (κ1) is 26.4. The monoisotopic (exact) mass is 534 g/mol. The van der Waals surface area contributed by atoms with E-state index in [-0.39, 0.29) is 17.6 Å². The van der Waals surface area contributed by atoms with Gasteiger partial charge in [0.25, 0.3) is 0 Å². The molecule has 1 atom stereocenters. The van der Waals surface area contributed by atoms with Crippen molar-refractivity contribution >= 4 is 58.4 Å². The molecule has 0 heterocycles. The molecule has 3 rings (SSSR count). The molecule has 3 aromatic rings. The van der Waals surface area contributed by atoms with Gasteiger partial charge in [0, 0.05) is 30.8 Å². The average molecular weight is 536 g/mol. The van der Waals surface area contributed by atoms with Crippen LogP contribution in [-0.4, -0.2) is 35.6 Å². The molecule has 2 amide bonds. The van der Waals surface area contributed by atoms with Crippen LogP contribution in [0.4, 0.5) is 0 Å². The number of carbonyl (C=O) groups is 2. The lowest BCUT2D eigenvalue weighted by molar-refractivity contribution is -0.139. The number of nitrogens with zero attached hydrogens (tertiary/aromatic N) is 1. The maximum absolute atomic E-state index is 13.4. The molecule has 0 aromatic heterocycles. The van der Waals surface area contributed by atoms with Crippen LogP contribution < -0.4 is 5.32 Å². The summed E-state index contributed by atoms with van der Waals surface area (Å²) >= 11 is 19.6. The number of likely N-dealkylation sites (N-methyl/N-ethyl adjacent to an activating group) is 1. The predicted octanol–water partition coefficient (Wildman–Crippen LogP) is 6.27. The van der Waals surface area contributed by atoms with Gasteiger partial charge in [-0.15, -0.1) is 11.8 Å². The van der Waals surface area contributed by atoms with Crippen molar-refractivity contribution in [1.29, 1.82) is 0 Å². The summed E-state index contributed by atoms with van der Waals surface area (Å²) in [5.74, 6) is 0.488. The lowest BCUT2D eigenvalue weighted by Crippen LogP contribution is -2.50. The molecule has 0 aliphatic heterocycles. The number of halogens is 3. The Bertz CT molecular complexity index is 1110. The SMILES string of the molecule is CNC(=O)[C@@H](Cc1ccccc1)N(Cc1ccc(Cl)cc1)C(=O)CSCc1ccc(Cl)c(Cl)c1. The highest BCUT2D eigenvalue weighted by molar-refractivity contribution is 7.99. The smallest absolute Gasteiger partial charge is 0.242 e. The lowest BCUT2D eigenvalue weighted by atomic mass is 10.0. The number of benzene rings is 3. The quantitative estimate of drug-likeness (QED) is 0.333. The van der Waals surface area contributed by atoms with Crippen molar-refractivity contribution in [2.24, 2.45) is 0 Å². The number of nitrogens with one attached hydrogen (secondary N) is 1. The first-order valence-corrected chi connectivity index (χ1v) is 13.0. The highest BCUT2D eigenvalue weighted by Gasteiger charge is 2.29.